The van der Waals surface area contributed by atoms with Gasteiger partial charge < -0.3 is 0 Å². The van der Waals surface area contributed by atoms with Crippen molar-refractivity contribution < 1.29 is 0 Å². The van der Waals surface area contributed by atoms with E-state index in [4.69, 9.17) is 0 Å². The van der Waals surface area contributed by atoms with Crippen molar-refractivity contribution in [3.63, 3.8) is 0 Å². The monoisotopic (exact) mass is 155 g/mol. The molecule has 0 aromatic rings. The summed E-state index contributed by atoms with van der Waals surface area (Å²) in [5, 5.41) is 2.65. The van der Waals surface area contributed by atoms with Crippen LogP contribution in [0.1, 0.15) is 19.8 Å². The van der Waals surface area contributed by atoms with Gasteiger partial charge in [-0.2, -0.15) is 0 Å². The predicted molar refractivity (Wildman–Crippen MR) is 47.0 cm³/mol. The van der Waals surface area contributed by atoms with E-state index in [0.29, 0.717) is 6.04 Å². The summed E-state index contributed by atoms with van der Waals surface area (Å²) in [7, 11) is 0. The molecule has 2 heteroatoms. The summed E-state index contributed by atoms with van der Waals surface area (Å²) in [5.74, 6) is 3.03. The molecule has 1 saturated heterocycles. The van der Waals surface area contributed by atoms with Crippen LogP contribution in [-0.2, 0) is 0 Å². The average Bonchev–Trinajstić information content (AvgIpc) is 2.38. The minimum atomic E-state index is 0.403. The van der Waals surface area contributed by atoms with Gasteiger partial charge in [-0.15, -0.1) is 0 Å². The Bertz CT molecular complexity index is 150. The maximum atomic E-state index is 3.86. The Labute approximate surface area is 68.2 Å². The van der Waals surface area contributed by atoms with Crippen molar-refractivity contribution >= 4 is 12.6 Å². The summed E-state index contributed by atoms with van der Waals surface area (Å²) in [6.45, 7) is 4.56. The van der Waals surface area contributed by atoms with Gasteiger partial charge in [-0.25, -0.2) is 0 Å². The molecule has 1 aliphatic heterocycles. The van der Waals surface area contributed by atoms with Crippen molar-refractivity contribution in [1.29, 1.82) is 0 Å². The lowest BCUT2D eigenvalue weighted by Crippen LogP contribution is -2.28. The normalized spacial score (nSPS) is 21.8. The molecule has 1 aliphatic rings. The van der Waals surface area contributed by atoms with Crippen LogP contribution in [0.4, 0.5) is 0 Å². The van der Waals surface area contributed by atoms with E-state index in [1.54, 1.807) is 0 Å². The third-order valence-electron chi connectivity index (χ3n) is 1.96. The fourth-order valence-electron chi connectivity index (χ4n) is 1.31. The Morgan fingerprint density at radius 3 is 2.50 bits per heavy atom. The van der Waals surface area contributed by atoms with E-state index in [1.165, 1.54) is 25.9 Å². The van der Waals surface area contributed by atoms with Gasteiger partial charge >= 0.3 is 0 Å². The molecule has 1 heterocycles. The Balaban J connectivity index is 2.37. The molecule has 0 spiro atoms. The molecule has 0 aromatic carbocycles. The van der Waals surface area contributed by atoms with Crippen molar-refractivity contribution in [2.75, 3.05) is 13.1 Å². The van der Waals surface area contributed by atoms with E-state index >= 15 is 0 Å². The average molecular weight is 155 g/mol. The third kappa shape index (κ3) is 1.93. The lowest BCUT2D eigenvalue weighted by Gasteiger charge is -2.17. The zero-order valence-electron chi connectivity index (χ0n) is 6.30. The number of hydrogen-bond donors (Lipinski definition) is 1. The predicted octanol–water partition coefficient (Wildman–Crippen LogP) is 1.36. The van der Waals surface area contributed by atoms with Crippen LogP contribution in [0.3, 0.4) is 0 Å². The molecule has 1 fully saturated rings. The quantitative estimate of drug-likeness (QED) is 0.442. The van der Waals surface area contributed by atoms with E-state index in [0.717, 1.165) is 0 Å². The van der Waals surface area contributed by atoms with Gasteiger partial charge in [0.1, 0.15) is 0 Å². The number of thiol groups is 1. The molecule has 10 heavy (non-hydrogen) atoms. The second-order valence-corrected chi connectivity index (χ2v) is 2.90. The highest BCUT2D eigenvalue weighted by molar-refractivity contribution is 7.85. The molecule has 0 bridgehead atoms. The third-order valence-corrected chi connectivity index (χ3v) is 2.09. The largest absolute Gasteiger partial charge is 0.290 e. The molecule has 0 N–H and O–H groups in total. The van der Waals surface area contributed by atoms with Gasteiger partial charge in [0, 0.05) is 0 Å². The van der Waals surface area contributed by atoms with E-state index in [1.807, 2.05) is 0 Å². The lowest BCUT2D eigenvalue weighted by atomic mass is 10.3. The van der Waals surface area contributed by atoms with Gasteiger partial charge in [0.25, 0.3) is 0 Å². The standard InChI is InChI=1S/C8H13NS/c1-8(4-7-10)9-5-2-3-6-9/h8,10H,2-3,5-6H2,1H3/t8-/m0/s1. The Morgan fingerprint density at radius 1 is 1.40 bits per heavy atom. The van der Waals surface area contributed by atoms with Crippen LogP contribution in [0.5, 0.6) is 0 Å². The van der Waals surface area contributed by atoms with E-state index in [2.05, 4.69) is 35.6 Å². The molecular formula is C8H13NS. The molecule has 0 amide bonds. The second-order valence-electron chi connectivity index (χ2n) is 2.68. The SMILES string of the molecule is C[C@@H](C#CS)N1CCCC1. The fourth-order valence-corrected chi connectivity index (χ4v) is 1.50. The summed E-state index contributed by atoms with van der Waals surface area (Å²) < 4.78 is 0. The summed E-state index contributed by atoms with van der Waals surface area (Å²) >= 11 is 3.86. The topological polar surface area (TPSA) is 3.24 Å². The van der Waals surface area contributed by atoms with E-state index < -0.39 is 0 Å². The van der Waals surface area contributed by atoms with Crippen molar-refractivity contribution in [2.45, 2.75) is 25.8 Å². The highest BCUT2D eigenvalue weighted by Gasteiger charge is 2.15. The van der Waals surface area contributed by atoms with Gasteiger partial charge in [0.05, 0.1) is 6.04 Å². The first kappa shape index (κ1) is 7.97. The molecule has 1 nitrogen and oxygen atoms in total. The Hall–Kier alpha value is -0.130. The molecule has 0 aromatic heterocycles. The molecule has 0 radical (unpaired) electrons. The lowest BCUT2D eigenvalue weighted by molar-refractivity contribution is 0.308. The summed E-state index contributed by atoms with van der Waals surface area (Å²) in [6, 6.07) is 0.403. The second kappa shape index (κ2) is 3.90. The van der Waals surface area contributed by atoms with Crippen molar-refractivity contribution in [3.05, 3.63) is 0 Å². The zero-order chi connectivity index (χ0) is 7.40. The number of hydrogen-bond acceptors (Lipinski definition) is 2. The molecule has 0 aliphatic carbocycles. The summed E-state index contributed by atoms with van der Waals surface area (Å²) in [5.41, 5.74) is 0. The van der Waals surface area contributed by atoms with E-state index in [9.17, 15) is 0 Å². The van der Waals surface area contributed by atoms with Gasteiger partial charge in [-0.1, -0.05) is 18.5 Å². The van der Waals surface area contributed by atoms with E-state index in [-0.39, 0.29) is 0 Å². The van der Waals surface area contributed by atoms with Crippen LogP contribution in [0, 0.1) is 11.2 Å². The first-order chi connectivity index (χ1) is 4.84. The highest BCUT2D eigenvalue weighted by Crippen LogP contribution is 2.10. The van der Waals surface area contributed by atoms with Crippen LogP contribution in [-0.4, -0.2) is 24.0 Å². The van der Waals surface area contributed by atoms with Crippen LogP contribution in [0.15, 0.2) is 0 Å². The Morgan fingerprint density at radius 2 is 2.00 bits per heavy atom. The van der Waals surface area contributed by atoms with Gasteiger partial charge in [0.15, 0.2) is 0 Å². The van der Waals surface area contributed by atoms with Crippen LogP contribution < -0.4 is 0 Å². The minimum absolute atomic E-state index is 0.403. The first-order valence-electron chi connectivity index (χ1n) is 3.73. The van der Waals surface area contributed by atoms with Gasteiger partial charge in [-0.3, -0.25) is 4.90 Å². The maximum absolute atomic E-state index is 3.86. The molecule has 1 rings (SSSR count). The molecular weight excluding hydrogens is 142 g/mol. The molecule has 1 atom stereocenters. The molecule has 0 unspecified atom stereocenters. The summed E-state index contributed by atoms with van der Waals surface area (Å²) in [4.78, 5) is 2.39. The molecule has 56 valence electrons. The van der Waals surface area contributed by atoms with Crippen LogP contribution in [0.2, 0.25) is 0 Å². The zero-order valence-corrected chi connectivity index (χ0v) is 7.19. The van der Waals surface area contributed by atoms with Crippen molar-refractivity contribution in [2.24, 2.45) is 0 Å². The van der Waals surface area contributed by atoms with Crippen molar-refractivity contribution in [1.82, 2.24) is 4.90 Å². The Kier molecular flexibility index (Phi) is 3.11. The number of nitrogens with zero attached hydrogens (tertiary/aromatic N) is 1. The molecule has 0 saturated carbocycles. The number of likely N-dealkylation sites (tertiary alicyclic amines) is 1. The highest BCUT2D eigenvalue weighted by atomic mass is 32.1. The van der Waals surface area contributed by atoms with Crippen LogP contribution in [0.25, 0.3) is 0 Å². The minimum Gasteiger partial charge on any atom is -0.290 e. The fraction of sp³-hybridized carbons (Fsp3) is 0.750. The van der Waals surface area contributed by atoms with Crippen LogP contribution >= 0.6 is 12.6 Å². The maximum Gasteiger partial charge on any atom is 0.0694 e. The van der Waals surface area contributed by atoms with Crippen molar-refractivity contribution in [3.8, 4) is 11.2 Å². The van der Waals surface area contributed by atoms with Gasteiger partial charge in [-0.05, 0) is 38.1 Å². The number of rotatable bonds is 1. The smallest absolute Gasteiger partial charge is 0.0694 e. The van der Waals surface area contributed by atoms with Gasteiger partial charge in [0.2, 0.25) is 0 Å². The first-order valence-corrected chi connectivity index (χ1v) is 4.18. The summed E-state index contributed by atoms with van der Waals surface area (Å²) in [6.07, 6.45) is 2.66.